The summed E-state index contributed by atoms with van der Waals surface area (Å²) >= 11 is 0. The van der Waals surface area contributed by atoms with Gasteiger partial charge in [0.05, 0.1) is 18.9 Å². The maximum atomic E-state index is 13.5. The van der Waals surface area contributed by atoms with Gasteiger partial charge in [-0.25, -0.2) is 0 Å². The Morgan fingerprint density at radius 3 is 2.02 bits per heavy atom. The molecule has 230 valence electrons. The van der Waals surface area contributed by atoms with E-state index in [9.17, 15) is 4.79 Å². The van der Waals surface area contributed by atoms with E-state index in [1.165, 1.54) is 0 Å². The Morgan fingerprint density at radius 2 is 1.44 bits per heavy atom. The SMILES string of the molecule is C=C(C)OC(=C)C(c1ccccc1)N1CCN(C(=O)c2cccc(C(=C)Oc3ccc(OC)cc3C)c2)CC1.CC.CC. The van der Waals surface area contributed by atoms with E-state index in [1.54, 1.807) is 7.11 Å². The van der Waals surface area contributed by atoms with E-state index in [0.717, 1.165) is 22.4 Å². The van der Waals surface area contributed by atoms with Crippen LogP contribution in [0.1, 0.15) is 67.7 Å². The number of amides is 1. The van der Waals surface area contributed by atoms with Crippen LogP contribution in [0.3, 0.4) is 0 Å². The van der Waals surface area contributed by atoms with Crippen LogP contribution in [0.2, 0.25) is 0 Å². The molecule has 0 aliphatic carbocycles. The normalized spacial score (nSPS) is 13.2. The topological polar surface area (TPSA) is 51.2 Å². The Morgan fingerprint density at radius 1 is 0.814 bits per heavy atom. The zero-order chi connectivity index (χ0) is 31.9. The molecule has 0 N–H and O–H groups in total. The van der Waals surface area contributed by atoms with Crippen molar-refractivity contribution in [3.63, 3.8) is 0 Å². The molecule has 0 bridgehead atoms. The highest BCUT2D eigenvalue weighted by Crippen LogP contribution is 2.31. The number of carbonyl (C=O) groups is 1. The quantitative estimate of drug-likeness (QED) is 0.223. The summed E-state index contributed by atoms with van der Waals surface area (Å²) in [4.78, 5) is 17.6. The lowest BCUT2D eigenvalue weighted by molar-refractivity contribution is 0.0550. The van der Waals surface area contributed by atoms with Crippen LogP contribution < -0.4 is 9.47 Å². The average molecular weight is 585 g/mol. The molecule has 3 aromatic carbocycles. The largest absolute Gasteiger partial charge is 0.497 e. The van der Waals surface area contributed by atoms with Crippen molar-refractivity contribution in [3.05, 3.63) is 126 Å². The van der Waals surface area contributed by atoms with Crippen molar-refractivity contribution < 1.29 is 19.0 Å². The second kappa shape index (κ2) is 17.6. The Bertz CT molecular complexity index is 1360. The first kappa shape index (κ1) is 34.9. The van der Waals surface area contributed by atoms with Crippen molar-refractivity contribution in [2.24, 2.45) is 0 Å². The van der Waals surface area contributed by atoms with Gasteiger partial charge < -0.3 is 19.1 Å². The molecule has 0 saturated carbocycles. The molecule has 1 aliphatic rings. The zero-order valence-corrected chi connectivity index (χ0v) is 27.0. The molecule has 6 nitrogen and oxygen atoms in total. The summed E-state index contributed by atoms with van der Waals surface area (Å²) in [5.74, 6) is 3.15. The van der Waals surface area contributed by atoms with Crippen LogP contribution in [-0.2, 0) is 4.74 Å². The third-order valence-electron chi connectivity index (χ3n) is 6.74. The number of hydrogen-bond donors (Lipinski definition) is 0. The van der Waals surface area contributed by atoms with Crippen molar-refractivity contribution in [3.8, 4) is 11.5 Å². The lowest BCUT2D eigenvalue weighted by Crippen LogP contribution is -2.50. The van der Waals surface area contributed by atoms with Gasteiger partial charge in [-0.3, -0.25) is 9.69 Å². The zero-order valence-electron chi connectivity index (χ0n) is 27.0. The van der Waals surface area contributed by atoms with Crippen LogP contribution in [0.5, 0.6) is 11.5 Å². The lowest BCUT2D eigenvalue weighted by Gasteiger charge is -2.40. The average Bonchev–Trinajstić information content (AvgIpc) is 3.04. The number of carbonyl (C=O) groups excluding carboxylic acids is 1. The molecule has 43 heavy (non-hydrogen) atoms. The van der Waals surface area contributed by atoms with Crippen LogP contribution in [0.4, 0.5) is 0 Å². The third-order valence-corrected chi connectivity index (χ3v) is 6.74. The molecule has 1 atom stereocenters. The van der Waals surface area contributed by atoms with Crippen molar-refractivity contribution in [1.82, 2.24) is 9.80 Å². The first-order valence-corrected chi connectivity index (χ1v) is 15.0. The summed E-state index contributed by atoms with van der Waals surface area (Å²) in [6.07, 6.45) is 0. The number of aryl methyl sites for hydroxylation is 1. The summed E-state index contributed by atoms with van der Waals surface area (Å²) in [6.45, 7) is 26.5. The highest BCUT2D eigenvalue weighted by atomic mass is 16.5. The van der Waals surface area contributed by atoms with Gasteiger partial charge in [0.1, 0.15) is 23.0 Å². The molecule has 1 unspecified atom stereocenters. The fraction of sp³-hybridized carbons (Fsp3) is 0.324. The van der Waals surface area contributed by atoms with Gasteiger partial charge >= 0.3 is 0 Å². The second-order valence-corrected chi connectivity index (χ2v) is 9.65. The van der Waals surface area contributed by atoms with Gasteiger partial charge in [0.2, 0.25) is 0 Å². The minimum Gasteiger partial charge on any atom is -0.497 e. The monoisotopic (exact) mass is 584 g/mol. The Hall–Kier alpha value is -4.29. The number of piperazine rings is 1. The van der Waals surface area contributed by atoms with Crippen molar-refractivity contribution in [1.29, 1.82) is 0 Å². The van der Waals surface area contributed by atoms with Crippen LogP contribution in [-0.4, -0.2) is 49.0 Å². The number of benzene rings is 3. The maximum absolute atomic E-state index is 13.5. The van der Waals surface area contributed by atoms with Gasteiger partial charge in [0.15, 0.2) is 0 Å². The molecule has 3 aromatic rings. The van der Waals surface area contributed by atoms with Crippen molar-refractivity contribution in [2.75, 3.05) is 33.3 Å². The van der Waals surface area contributed by atoms with E-state index in [4.69, 9.17) is 14.2 Å². The molecular weight excluding hydrogens is 536 g/mol. The fourth-order valence-corrected chi connectivity index (χ4v) is 4.76. The number of rotatable bonds is 10. The molecular formula is C37H48N2O4. The molecule has 1 heterocycles. The van der Waals surface area contributed by atoms with Crippen LogP contribution in [0, 0.1) is 6.92 Å². The highest BCUT2D eigenvalue weighted by molar-refractivity contribution is 5.95. The second-order valence-electron chi connectivity index (χ2n) is 9.65. The van der Waals surface area contributed by atoms with E-state index in [2.05, 4.69) is 36.8 Å². The van der Waals surface area contributed by atoms with Crippen molar-refractivity contribution >= 4 is 11.7 Å². The molecule has 1 fully saturated rings. The summed E-state index contributed by atoms with van der Waals surface area (Å²) in [6, 6.07) is 23.1. The molecule has 1 saturated heterocycles. The molecule has 0 spiro atoms. The Kier molecular flexibility index (Phi) is 14.3. The molecule has 0 aromatic heterocycles. The number of nitrogens with zero attached hydrogens (tertiary/aromatic N) is 2. The molecule has 1 aliphatic heterocycles. The molecule has 1 amide bonds. The number of ether oxygens (including phenoxy) is 3. The first-order valence-electron chi connectivity index (χ1n) is 15.0. The van der Waals surface area contributed by atoms with Gasteiger partial charge in [0.25, 0.3) is 5.91 Å². The lowest BCUT2D eigenvalue weighted by atomic mass is 10.0. The molecule has 6 heteroatoms. The predicted molar refractivity (Wildman–Crippen MR) is 178 cm³/mol. The van der Waals surface area contributed by atoms with E-state index < -0.39 is 0 Å². The number of hydrogen-bond acceptors (Lipinski definition) is 5. The standard InChI is InChI=1S/C33H36N2O4.2C2H6/c1-23(2)38-26(5)32(27-11-8-7-9-12-27)34-17-19-35(20-18-34)33(36)29-14-10-13-28(22-29)25(4)39-31-16-15-30(37-6)21-24(31)3;2*1-2/h7-16,21-22,32H,1,4-5,17-20H2,2-3,6H3;2*1-2H3. The summed E-state index contributed by atoms with van der Waals surface area (Å²) in [5, 5.41) is 0. The smallest absolute Gasteiger partial charge is 0.253 e. The number of allylic oxidation sites excluding steroid dienone is 1. The highest BCUT2D eigenvalue weighted by Gasteiger charge is 2.30. The first-order chi connectivity index (χ1) is 20.8. The van der Waals surface area contributed by atoms with E-state index in [0.29, 0.717) is 54.8 Å². The van der Waals surface area contributed by atoms with E-state index in [1.807, 2.05) is 107 Å². The van der Waals surface area contributed by atoms with Crippen molar-refractivity contribution in [2.45, 2.75) is 47.6 Å². The maximum Gasteiger partial charge on any atom is 0.253 e. The Balaban J connectivity index is 0.00000155. The number of methoxy groups -OCH3 is 1. The molecule has 0 radical (unpaired) electrons. The summed E-state index contributed by atoms with van der Waals surface area (Å²) in [7, 11) is 1.63. The van der Waals surface area contributed by atoms with Crippen LogP contribution in [0.25, 0.3) is 5.76 Å². The minimum absolute atomic E-state index is 0.0156. The van der Waals surface area contributed by atoms with Crippen LogP contribution in [0.15, 0.2) is 104 Å². The van der Waals surface area contributed by atoms with Gasteiger partial charge in [-0.15, -0.1) is 0 Å². The van der Waals surface area contributed by atoms with Gasteiger partial charge in [0, 0.05) is 37.3 Å². The molecule has 4 rings (SSSR count). The van der Waals surface area contributed by atoms with Gasteiger partial charge in [-0.1, -0.05) is 89.9 Å². The third kappa shape index (κ3) is 9.62. The minimum atomic E-state index is -0.120. The van der Waals surface area contributed by atoms with E-state index in [-0.39, 0.29) is 11.9 Å². The van der Waals surface area contributed by atoms with Gasteiger partial charge in [-0.2, -0.15) is 0 Å². The summed E-state index contributed by atoms with van der Waals surface area (Å²) < 4.78 is 17.1. The van der Waals surface area contributed by atoms with Crippen LogP contribution >= 0.6 is 0 Å². The predicted octanol–water partition coefficient (Wildman–Crippen LogP) is 8.67. The summed E-state index contributed by atoms with van der Waals surface area (Å²) in [5.41, 5.74) is 3.39. The van der Waals surface area contributed by atoms with Gasteiger partial charge in [-0.05, 0) is 55.3 Å². The Labute approximate surface area is 258 Å². The fourth-order valence-electron chi connectivity index (χ4n) is 4.76. The van der Waals surface area contributed by atoms with E-state index >= 15 is 0 Å².